The fraction of sp³-hybridized carbons (Fsp3) is 0.538. The Bertz CT molecular complexity index is 939. The highest BCUT2D eigenvalue weighted by Gasteiger charge is 2.54. The van der Waals surface area contributed by atoms with Crippen molar-refractivity contribution in [2.75, 3.05) is 35.0 Å². The molecule has 0 spiro atoms. The Morgan fingerprint density at radius 2 is 1.11 bits per heavy atom. The Morgan fingerprint density at radius 3 is 1.44 bits per heavy atom. The van der Waals surface area contributed by atoms with Crippen LogP contribution in [0.15, 0.2) is 36.4 Å². The monoisotopic (exact) mass is 510 g/mol. The van der Waals surface area contributed by atoms with E-state index < -0.39 is 42.5 Å². The van der Waals surface area contributed by atoms with Crippen LogP contribution in [-0.4, -0.2) is 95.2 Å². The molecule has 2 aromatic rings. The summed E-state index contributed by atoms with van der Waals surface area (Å²) in [4.78, 5) is 0. The molecule has 2 rings (SSSR count). The zero-order chi connectivity index (χ0) is 27.1. The van der Waals surface area contributed by atoms with Gasteiger partial charge >= 0.3 is 0 Å². The van der Waals surface area contributed by atoms with Gasteiger partial charge in [-0.15, -0.1) is 0 Å². The molecule has 0 aliphatic carbocycles. The molecule has 0 aromatic heterocycles. The number of ether oxygens (including phenoxy) is 4. The molecule has 10 nitrogen and oxygen atoms in total. The summed E-state index contributed by atoms with van der Waals surface area (Å²) in [7, 11) is 5.71. The van der Waals surface area contributed by atoms with E-state index in [1.807, 2.05) is 0 Å². The molecule has 10 heteroatoms. The van der Waals surface area contributed by atoms with Gasteiger partial charge in [-0.25, -0.2) is 0 Å². The molecule has 0 aliphatic rings. The number of aliphatic hydroxyl groups is 6. The highest BCUT2D eigenvalue weighted by molar-refractivity contribution is 5.47. The molecule has 0 radical (unpaired) electrons. The van der Waals surface area contributed by atoms with Crippen LogP contribution in [0.4, 0.5) is 0 Å². The Labute approximate surface area is 211 Å². The Morgan fingerprint density at radius 1 is 0.722 bits per heavy atom. The standard InChI is InChI=1S/C26H38O10/c1-6-25(31,13-16-19(33-2)9-7-10-20(16)34-3)24(30)26(32,23(29)18(28)15-27)14-17-21(35-4)11-8-12-22(17)36-5/h7-12,18,23-24,27-32H,6,13-15H2,1-5H3/t18-,23+,24+,25?,26+/m0/s1. The van der Waals surface area contributed by atoms with E-state index in [1.54, 1.807) is 43.3 Å². The van der Waals surface area contributed by atoms with Gasteiger partial charge in [0.05, 0.1) is 40.6 Å². The molecule has 6 N–H and O–H groups in total. The van der Waals surface area contributed by atoms with Crippen LogP contribution in [-0.2, 0) is 12.8 Å². The van der Waals surface area contributed by atoms with E-state index in [9.17, 15) is 30.6 Å². The van der Waals surface area contributed by atoms with Gasteiger partial charge < -0.3 is 49.6 Å². The molecule has 1 unspecified atom stereocenters. The van der Waals surface area contributed by atoms with Gasteiger partial charge in [0.2, 0.25) is 0 Å². The summed E-state index contributed by atoms with van der Waals surface area (Å²) in [6.45, 7) is 0.703. The average molecular weight is 511 g/mol. The van der Waals surface area contributed by atoms with Crippen molar-refractivity contribution in [1.82, 2.24) is 0 Å². The number of aliphatic hydroxyl groups excluding tert-OH is 4. The molecule has 36 heavy (non-hydrogen) atoms. The maximum absolute atomic E-state index is 11.8. The second-order valence-corrected chi connectivity index (χ2v) is 8.68. The van der Waals surface area contributed by atoms with E-state index >= 15 is 0 Å². The molecule has 0 bridgehead atoms. The van der Waals surface area contributed by atoms with Crippen LogP contribution < -0.4 is 18.9 Å². The minimum atomic E-state index is -2.57. The van der Waals surface area contributed by atoms with Crippen molar-refractivity contribution in [3.05, 3.63) is 47.5 Å². The van der Waals surface area contributed by atoms with Gasteiger partial charge in [0.15, 0.2) is 0 Å². The third-order valence-corrected chi connectivity index (χ3v) is 6.66. The SMILES string of the molecule is CCC(O)(Cc1c(OC)cccc1OC)[C@@H](O)[C@@](O)(Cc1c(OC)cccc1OC)[C@H](O)[C@@H](O)CO. The minimum Gasteiger partial charge on any atom is -0.496 e. The van der Waals surface area contributed by atoms with Gasteiger partial charge in [-0.3, -0.25) is 0 Å². The molecule has 5 atom stereocenters. The highest BCUT2D eigenvalue weighted by Crippen LogP contribution is 2.41. The summed E-state index contributed by atoms with van der Waals surface area (Å²) in [5.74, 6) is 1.35. The summed E-state index contributed by atoms with van der Waals surface area (Å²) in [5, 5.41) is 65.9. The smallest absolute Gasteiger partial charge is 0.126 e. The van der Waals surface area contributed by atoms with Crippen molar-refractivity contribution in [1.29, 1.82) is 0 Å². The lowest BCUT2D eigenvalue weighted by molar-refractivity contribution is -0.229. The lowest BCUT2D eigenvalue weighted by Crippen LogP contribution is -2.66. The van der Waals surface area contributed by atoms with E-state index in [-0.39, 0.29) is 29.9 Å². The maximum Gasteiger partial charge on any atom is 0.126 e. The highest BCUT2D eigenvalue weighted by atomic mass is 16.5. The number of benzene rings is 2. The van der Waals surface area contributed by atoms with Gasteiger partial charge in [-0.05, 0) is 30.7 Å². The molecule has 0 heterocycles. The first-order valence-electron chi connectivity index (χ1n) is 11.6. The fourth-order valence-corrected chi connectivity index (χ4v) is 4.47. The third kappa shape index (κ3) is 5.86. The van der Waals surface area contributed by atoms with Crippen LogP contribution in [0.2, 0.25) is 0 Å². The van der Waals surface area contributed by atoms with Crippen LogP contribution >= 0.6 is 0 Å². The van der Waals surface area contributed by atoms with Crippen molar-refractivity contribution in [3.8, 4) is 23.0 Å². The fourth-order valence-electron chi connectivity index (χ4n) is 4.47. The van der Waals surface area contributed by atoms with E-state index in [0.29, 0.717) is 17.1 Å². The number of rotatable bonds is 14. The second kappa shape index (κ2) is 12.6. The van der Waals surface area contributed by atoms with Gasteiger partial charge in [0, 0.05) is 24.0 Å². The van der Waals surface area contributed by atoms with Crippen molar-refractivity contribution >= 4 is 0 Å². The number of hydrogen-bond acceptors (Lipinski definition) is 10. The first kappa shape index (κ1) is 29.6. The Kier molecular flexibility index (Phi) is 10.4. The van der Waals surface area contributed by atoms with Gasteiger partial charge in [-0.2, -0.15) is 0 Å². The predicted molar refractivity (Wildman–Crippen MR) is 132 cm³/mol. The number of methoxy groups -OCH3 is 4. The van der Waals surface area contributed by atoms with Crippen molar-refractivity contribution < 1.29 is 49.6 Å². The quantitative estimate of drug-likeness (QED) is 0.211. The average Bonchev–Trinajstić information content (AvgIpc) is 2.91. The van der Waals surface area contributed by atoms with Crippen molar-refractivity contribution in [2.24, 2.45) is 0 Å². The molecular formula is C26H38O10. The first-order valence-corrected chi connectivity index (χ1v) is 11.6. The van der Waals surface area contributed by atoms with Crippen molar-refractivity contribution in [3.63, 3.8) is 0 Å². The van der Waals surface area contributed by atoms with Crippen LogP contribution in [0.25, 0.3) is 0 Å². The zero-order valence-corrected chi connectivity index (χ0v) is 21.3. The topological polar surface area (TPSA) is 158 Å². The van der Waals surface area contributed by atoms with E-state index in [0.717, 1.165) is 0 Å². The summed E-state index contributed by atoms with van der Waals surface area (Å²) in [5.41, 5.74) is -3.89. The largest absolute Gasteiger partial charge is 0.496 e. The molecule has 202 valence electrons. The number of hydrogen-bond donors (Lipinski definition) is 6. The summed E-state index contributed by atoms with van der Waals surface area (Å²) in [6, 6.07) is 9.89. The van der Waals surface area contributed by atoms with E-state index in [1.165, 1.54) is 28.4 Å². The third-order valence-electron chi connectivity index (χ3n) is 6.66. The lowest BCUT2D eigenvalue weighted by atomic mass is 9.71. The molecular weight excluding hydrogens is 472 g/mol. The van der Waals surface area contributed by atoms with Gasteiger partial charge in [0.25, 0.3) is 0 Å². The first-order chi connectivity index (χ1) is 17.1. The summed E-state index contributed by atoms with van der Waals surface area (Å²) < 4.78 is 21.6. The normalized spacial score (nSPS) is 17.3. The molecule has 0 amide bonds. The van der Waals surface area contributed by atoms with Crippen LogP contribution in [0.3, 0.4) is 0 Å². The molecule has 2 aromatic carbocycles. The molecule has 0 saturated carbocycles. The maximum atomic E-state index is 11.8. The van der Waals surface area contributed by atoms with Crippen LogP contribution in [0.5, 0.6) is 23.0 Å². The van der Waals surface area contributed by atoms with Gasteiger partial charge in [0.1, 0.15) is 46.9 Å². The summed E-state index contributed by atoms with van der Waals surface area (Å²) >= 11 is 0. The van der Waals surface area contributed by atoms with Crippen LogP contribution in [0.1, 0.15) is 24.5 Å². The van der Waals surface area contributed by atoms with Crippen LogP contribution in [0, 0.1) is 0 Å². The zero-order valence-electron chi connectivity index (χ0n) is 21.3. The second-order valence-electron chi connectivity index (χ2n) is 8.68. The Balaban J connectivity index is 2.66. The lowest BCUT2D eigenvalue weighted by Gasteiger charge is -2.46. The minimum absolute atomic E-state index is 0.0668. The van der Waals surface area contributed by atoms with E-state index in [4.69, 9.17) is 18.9 Å². The summed E-state index contributed by atoms with van der Waals surface area (Å²) in [6.07, 6.45) is -6.72. The Hall–Kier alpha value is -2.60. The van der Waals surface area contributed by atoms with Gasteiger partial charge in [-0.1, -0.05) is 19.1 Å². The predicted octanol–water partition coefficient (Wildman–Crippen LogP) is 0.453. The molecule has 0 saturated heterocycles. The van der Waals surface area contributed by atoms with Crippen molar-refractivity contribution in [2.45, 2.75) is 55.7 Å². The molecule has 0 fully saturated rings. The molecule has 0 aliphatic heterocycles. The van der Waals surface area contributed by atoms with E-state index in [2.05, 4.69) is 0 Å².